The Hall–Kier alpha value is -3.08. The van der Waals surface area contributed by atoms with Crippen molar-refractivity contribution >= 4 is 18.0 Å². The van der Waals surface area contributed by atoms with Crippen molar-refractivity contribution in [3.05, 3.63) is 65.9 Å². The molecule has 0 aromatic heterocycles. The Morgan fingerprint density at radius 1 is 1.04 bits per heavy atom. The molecule has 5 nitrogen and oxygen atoms in total. The van der Waals surface area contributed by atoms with E-state index < -0.39 is 5.97 Å². The van der Waals surface area contributed by atoms with Crippen LogP contribution in [0.4, 0.5) is 0 Å². The number of para-hydroxylation sites is 2. The number of carbonyl (C=O) groups is 2. The van der Waals surface area contributed by atoms with Gasteiger partial charge in [-0.1, -0.05) is 36.4 Å². The minimum atomic E-state index is -0.418. The van der Waals surface area contributed by atoms with Gasteiger partial charge in [-0.05, 0) is 36.3 Å². The molecule has 134 valence electrons. The van der Waals surface area contributed by atoms with Crippen molar-refractivity contribution in [2.75, 3.05) is 6.61 Å². The lowest BCUT2D eigenvalue weighted by molar-refractivity contribution is -0.137. The summed E-state index contributed by atoms with van der Waals surface area (Å²) in [6.45, 7) is 3.84. The van der Waals surface area contributed by atoms with Crippen molar-refractivity contribution in [2.45, 2.75) is 26.3 Å². The summed E-state index contributed by atoms with van der Waals surface area (Å²) >= 11 is 0. The Labute approximate surface area is 152 Å². The molecule has 1 aliphatic rings. The van der Waals surface area contributed by atoms with E-state index in [9.17, 15) is 9.59 Å². The number of nitrogens with zero attached hydrogens (tertiary/aromatic N) is 1. The van der Waals surface area contributed by atoms with Gasteiger partial charge < -0.3 is 14.4 Å². The van der Waals surface area contributed by atoms with E-state index in [4.69, 9.17) is 9.47 Å². The molecule has 0 bridgehead atoms. The molecule has 3 rings (SSSR count). The third-order valence-corrected chi connectivity index (χ3v) is 4.20. The third-order valence-electron chi connectivity index (χ3n) is 4.20. The van der Waals surface area contributed by atoms with Crippen LogP contribution in [0.25, 0.3) is 6.08 Å². The average Bonchev–Trinajstić information content (AvgIpc) is 2.63. The lowest BCUT2D eigenvalue weighted by atomic mass is 9.94. The first-order valence-corrected chi connectivity index (χ1v) is 8.58. The minimum Gasteiger partial charge on any atom is -0.490 e. The van der Waals surface area contributed by atoms with E-state index in [1.807, 2.05) is 43.3 Å². The Morgan fingerprint density at radius 3 is 2.46 bits per heavy atom. The van der Waals surface area contributed by atoms with Gasteiger partial charge in [0.2, 0.25) is 5.91 Å². The van der Waals surface area contributed by atoms with Gasteiger partial charge in [-0.15, -0.1) is 0 Å². The maximum atomic E-state index is 12.6. The molecule has 1 aliphatic heterocycles. The lowest BCUT2D eigenvalue weighted by Gasteiger charge is -2.32. The predicted octanol–water partition coefficient (Wildman–Crippen LogP) is 3.95. The Morgan fingerprint density at radius 2 is 1.73 bits per heavy atom. The molecule has 5 heteroatoms. The van der Waals surface area contributed by atoms with Crippen molar-refractivity contribution in [1.82, 2.24) is 4.90 Å². The molecule has 0 N–H and O–H groups in total. The van der Waals surface area contributed by atoms with Crippen LogP contribution in [0, 0.1) is 0 Å². The Kier molecular flexibility index (Phi) is 5.37. The van der Waals surface area contributed by atoms with Gasteiger partial charge in [-0.3, -0.25) is 9.59 Å². The Bertz CT molecular complexity index is 843. The second-order valence-corrected chi connectivity index (χ2v) is 5.94. The van der Waals surface area contributed by atoms with Gasteiger partial charge in [0.15, 0.2) is 11.5 Å². The maximum Gasteiger partial charge on any atom is 0.313 e. The van der Waals surface area contributed by atoms with E-state index in [-0.39, 0.29) is 18.4 Å². The number of carbonyl (C=O) groups excluding carboxylic acids is 2. The number of benzene rings is 2. The standard InChI is InChI=1S/C21H21NO4/c1-3-25-19-10-6-7-11-20(19)26-21(24)14-18-17-9-5-4-8-16(17)12-13-22(18)15(2)23/h4-13,18H,3,14H2,1-2H3. The van der Waals surface area contributed by atoms with Crippen LogP contribution in [0.3, 0.4) is 0 Å². The van der Waals surface area contributed by atoms with Crippen molar-refractivity contribution in [2.24, 2.45) is 0 Å². The molecule has 2 aromatic carbocycles. The largest absolute Gasteiger partial charge is 0.490 e. The van der Waals surface area contributed by atoms with Crippen LogP contribution in [0.15, 0.2) is 54.7 Å². The zero-order valence-electron chi connectivity index (χ0n) is 14.8. The first-order chi connectivity index (χ1) is 12.6. The number of amides is 1. The zero-order chi connectivity index (χ0) is 18.5. The monoisotopic (exact) mass is 351 g/mol. The van der Waals surface area contributed by atoms with E-state index in [1.54, 1.807) is 29.3 Å². The summed E-state index contributed by atoms with van der Waals surface area (Å²) in [5, 5.41) is 0. The molecular formula is C21H21NO4. The van der Waals surface area contributed by atoms with Gasteiger partial charge in [0.25, 0.3) is 0 Å². The van der Waals surface area contributed by atoms with Gasteiger partial charge >= 0.3 is 5.97 Å². The number of hydrogen-bond donors (Lipinski definition) is 0. The number of hydrogen-bond acceptors (Lipinski definition) is 4. The van der Waals surface area contributed by atoms with Crippen molar-refractivity contribution in [3.8, 4) is 11.5 Å². The van der Waals surface area contributed by atoms with E-state index in [0.717, 1.165) is 11.1 Å². The molecule has 2 aromatic rings. The van der Waals surface area contributed by atoms with Crippen molar-refractivity contribution < 1.29 is 19.1 Å². The van der Waals surface area contributed by atoms with E-state index >= 15 is 0 Å². The second-order valence-electron chi connectivity index (χ2n) is 5.94. The molecule has 1 heterocycles. The SMILES string of the molecule is CCOc1ccccc1OC(=O)CC1c2ccccc2C=CN1C(C)=O. The number of rotatable bonds is 5. The molecule has 1 unspecified atom stereocenters. The quantitative estimate of drug-likeness (QED) is 0.604. The van der Waals surface area contributed by atoms with Gasteiger partial charge in [0.1, 0.15) is 0 Å². The Balaban J connectivity index is 1.81. The molecule has 0 aliphatic carbocycles. The fourth-order valence-electron chi connectivity index (χ4n) is 3.04. The van der Waals surface area contributed by atoms with Crippen LogP contribution >= 0.6 is 0 Å². The highest BCUT2D eigenvalue weighted by atomic mass is 16.6. The summed E-state index contributed by atoms with van der Waals surface area (Å²) < 4.78 is 11.0. The summed E-state index contributed by atoms with van der Waals surface area (Å²) in [5.74, 6) is 0.367. The highest BCUT2D eigenvalue weighted by Crippen LogP contribution is 2.34. The second kappa shape index (κ2) is 7.87. The summed E-state index contributed by atoms with van der Waals surface area (Å²) in [7, 11) is 0. The third kappa shape index (κ3) is 3.77. The molecular weight excluding hydrogens is 330 g/mol. The van der Waals surface area contributed by atoms with Gasteiger partial charge in [0.05, 0.1) is 19.1 Å². The molecule has 0 saturated carbocycles. The minimum absolute atomic E-state index is 0.0569. The number of ether oxygens (including phenoxy) is 2. The smallest absolute Gasteiger partial charge is 0.313 e. The van der Waals surface area contributed by atoms with Crippen molar-refractivity contribution in [3.63, 3.8) is 0 Å². The first-order valence-electron chi connectivity index (χ1n) is 8.58. The van der Waals surface area contributed by atoms with Crippen LogP contribution in [0.1, 0.15) is 37.4 Å². The summed E-state index contributed by atoms with van der Waals surface area (Å²) in [5.41, 5.74) is 1.93. The molecule has 1 atom stereocenters. The number of esters is 1. The predicted molar refractivity (Wildman–Crippen MR) is 98.6 cm³/mol. The summed E-state index contributed by atoms with van der Waals surface area (Å²) in [6, 6.07) is 14.4. The highest BCUT2D eigenvalue weighted by Gasteiger charge is 2.29. The molecule has 0 radical (unpaired) electrons. The fraction of sp³-hybridized carbons (Fsp3) is 0.238. The van der Waals surface area contributed by atoms with Crippen LogP contribution in [0.2, 0.25) is 0 Å². The van der Waals surface area contributed by atoms with Crippen LogP contribution in [-0.4, -0.2) is 23.4 Å². The lowest BCUT2D eigenvalue weighted by Crippen LogP contribution is -2.33. The van der Waals surface area contributed by atoms with E-state index in [2.05, 4.69) is 0 Å². The molecule has 0 fully saturated rings. The van der Waals surface area contributed by atoms with Gasteiger partial charge in [-0.2, -0.15) is 0 Å². The van der Waals surface area contributed by atoms with E-state index in [1.165, 1.54) is 6.92 Å². The van der Waals surface area contributed by atoms with Crippen LogP contribution in [0.5, 0.6) is 11.5 Å². The summed E-state index contributed by atoms with van der Waals surface area (Å²) in [6.07, 6.45) is 3.65. The number of fused-ring (bicyclic) bond motifs is 1. The fourth-order valence-corrected chi connectivity index (χ4v) is 3.04. The van der Waals surface area contributed by atoms with Crippen LogP contribution in [-0.2, 0) is 9.59 Å². The molecule has 0 spiro atoms. The van der Waals surface area contributed by atoms with Gasteiger partial charge in [-0.25, -0.2) is 0 Å². The maximum absolute atomic E-state index is 12.6. The van der Waals surface area contributed by atoms with Crippen molar-refractivity contribution in [1.29, 1.82) is 0 Å². The average molecular weight is 351 g/mol. The molecule has 0 saturated heterocycles. The zero-order valence-corrected chi connectivity index (χ0v) is 14.8. The van der Waals surface area contributed by atoms with E-state index in [0.29, 0.717) is 18.1 Å². The topological polar surface area (TPSA) is 55.8 Å². The molecule has 26 heavy (non-hydrogen) atoms. The summed E-state index contributed by atoms with van der Waals surface area (Å²) in [4.78, 5) is 26.1. The van der Waals surface area contributed by atoms with Crippen LogP contribution < -0.4 is 9.47 Å². The molecule has 1 amide bonds. The first kappa shape index (κ1) is 17.7. The normalized spacial score (nSPS) is 15.3. The highest BCUT2D eigenvalue weighted by molar-refractivity contribution is 5.80. The van der Waals surface area contributed by atoms with Gasteiger partial charge in [0, 0.05) is 13.1 Å².